The van der Waals surface area contributed by atoms with Gasteiger partial charge in [-0.05, 0) is 37.6 Å². The Bertz CT molecular complexity index is 492. The summed E-state index contributed by atoms with van der Waals surface area (Å²) < 4.78 is 0. The van der Waals surface area contributed by atoms with E-state index in [9.17, 15) is 0 Å². The number of oxime groups is 1. The van der Waals surface area contributed by atoms with E-state index >= 15 is 0 Å². The lowest BCUT2D eigenvalue weighted by Crippen LogP contribution is -2.45. The highest BCUT2D eigenvalue weighted by molar-refractivity contribution is 5.96. The van der Waals surface area contributed by atoms with E-state index < -0.39 is 0 Å². The molecule has 1 fully saturated rings. The summed E-state index contributed by atoms with van der Waals surface area (Å²) in [6, 6.07) is 10.2. The van der Waals surface area contributed by atoms with Crippen molar-refractivity contribution in [3.8, 4) is 0 Å². The largest absolute Gasteiger partial charge is 0.388 e. The number of nitrogens with one attached hydrogen (secondary N) is 1. The van der Waals surface area contributed by atoms with E-state index in [1.165, 1.54) is 32.4 Å². The average Bonchev–Trinajstić information content (AvgIpc) is 2.56. The number of likely N-dealkylation sites (tertiary alicyclic amines) is 1. The Hall–Kier alpha value is -1.81. The van der Waals surface area contributed by atoms with E-state index in [4.69, 9.17) is 4.84 Å². The summed E-state index contributed by atoms with van der Waals surface area (Å²) in [7, 11) is 0. The molecule has 0 aromatic heterocycles. The number of piperidine rings is 1. The van der Waals surface area contributed by atoms with Crippen molar-refractivity contribution in [2.24, 2.45) is 5.16 Å². The molecule has 112 valence electrons. The Labute approximate surface area is 126 Å². The van der Waals surface area contributed by atoms with Crippen LogP contribution in [-0.2, 0) is 4.84 Å². The van der Waals surface area contributed by atoms with Gasteiger partial charge in [0.1, 0.15) is 0 Å². The SMILES string of the molecule is C(=Cc1ccccc1)C1=NOC(CN2CCCCC2)CN1. The van der Waals surface area contributed by atoms with Crippen LogP contribution in [0.2, 0.25) is 0 Å². The highest BCUT2D eigenvalue weighted by atomic mass is 16.6. The topological polar surface area (TPSA) is 36.9 Å². The van der Waals surface area contributed by atoms with Gasteiger partial charge in [-0.25, -0.2) is 0 Å². The second-order valence-corrected chi connectivity index (χ2v) is 5.69. The van der Waals surface area contributed by atoms with Crippen molar-refractivity contribution < 1.29 is 4.84 Å². The zero-order valence-corrected chi connectivity index (χ0v) is 12.4. The lowest BCUT2D eigenvalue weighted by Gasteiger charge is -2.31. The molecule has 0 aliphatic carbocycles. The quantitative estimate of drug-likeness (QED) is 0.923. The van der Waals surface area contributed by atoms with Gasteiger partial charge in [0.15, 0.2) is 11.9 Å². The van der Waals surface area contributed by atoms with Crippen LogP contribution in [0.25, 0.3) is 6.08 Å². The zero-order chi connectivity index (χ0) is 14.3. The number of rotatable bonds is 4. The maximum absolute atomic E-state index is 5.61. The summed E-state index contributed by atoms with van der Waals surface area (Å²) in [5, 5.41) is 7.52. The Morgan fingerprint density at radius 2 is 1.95 bits per heavy atom. The van der Waals surface area contributed by atoms with E-state index in [0.29, 0.717) is 0 Å². The molecule has 1 aromatic rings. The molecule has 4 nitrogen and oxygen atoms in total. The van der Waals surface area contributed by atoms with Crippen molar-refractivity contribution in [3.05, 3.63) is 42.0 Å². The van der Waals surface area contributed by atoms with E-state index in [-0.39, 0.29) is 6.10 Å². The fourth-order valence-electron chi connectivity index (χ4n) is 2.78. The summed E-state index contributed by atoms with van der Waals surface area (Å²) >= 11 is 0. The highest BCUT2D eigenvalue weighted by Crippen LogP contribution is 2.11. The second-order valence-electron chi connectivity index (χ2n) is 5.69. The van der Waals surface area contributed by atoms with E-state index in [2.05, 4.69) is 27.5 Å². The standard InChI is InChI=1S/C17H23N3O/c1-3-7-15(8-4-1)9-10-17-18-13-16(21-19-17)14-20-11-5-2-6-12-20/h1,3-4,7-10,16H,2,5-6,11-14H2,(H,18,19). The molecule has 1 unspecified atom stereocenters. The zero-order valence-electron chi connectivity index (χ0n) is 12.4. The third-order valence-electron chi connectivity index (χ3n) is 3.95. The lowest BCUT2D eigenvalue weighted by atomic mass is 10.1. The predicted molar refractivity (Wildman–Crippen MR) is 86.1 cm³/mol. The molecule has 1 N–H and O–H groups in total. The molecule has 4 heteroatoms. The summed E-state index contributed by atoms with van der Waals surface area (Å²) in [5.41, 5.74) is 1.16. The van der Waals surface area contributed by atoms with Gasteiger partial charge in [-0.3, -0.25) is 4.90 Å². The van der Waals surface area contributed by atoms with Crippen LogP contribution in [-0.4, -0.2) is 43.0 Å². The molecule has 1 aromatic carbocycles. The third-order valence-corrected chi connectivity index (χ3v) is 3.95. The van der Waals surface area contributed by atoms with Gasteiger partial charge in [-0.15, -0.1) is 0 Å². The van der Waals surface area contributed by atoms with Crippen LogP contribution < -0.4 is 5.32 Å². The van der Waals surface area contributed by atoms with Gasteiger partial charge in [-0.2, -0.15) is 0 Å². The summed E-state index contributed by atoms with van der Waals surface area (Å²) in [6.45, 7) is 4.20. The van der Waals surface area contributed by atoms with E-state index in [1.54, 1.807) is 0 Å². The highest BCUT2D eigenvalue weighted by Gasteiger charge is 2.20. The second kappa shape index (κ2) is 7.27. The Morgan fingerprint density at radius 1 is 1.14 bits per heavy atom. The molecule has 0 saturated carbocycles. The van der Waals surface area contributed by atoms with Crippen LogP contribution in [0, 0.1) is 0 Å². The number of benzene rings is 1. The van der Waals surface area contributed by atoms with Crippen molar-refractivity contribution in [1.82, 2.24) is 10.2 Å². The number of hydrogen-bond donors (Lipinski definition) is 1. The first-order chi connectivity index (χ1) is 10.4. The van der Waals surface area contributed by atoms with E-state index in [0.717, 1.165) is 24.5 Å². The molecule has 0 bridgehead atoms. The number of amidine groups is 1. The van der Waals surface area contributed by atoms with Crippen molar-refractivity contribution in [3.63, 3.8) is 0 Å². The van der Waals surface area contributed by atoms with Crippen molar-refractivity contribution in [2.75, 3.05) is 26.2 Å². The maximum atomic E-state index is 5.61. The lowest BCUT2D eigenvalue weighted by molar-refractivity contribution is 0.0196. The maximum Gasteiger partial charge on any atom is 0.165 e. The Balaban J connectivity index is 1.48. The van der Waals surface area contributed by atoms with Gasteiger partial charge in [0.2, 0.25) is 0 Å². The van der Waals surface area contributed by atoms with Gasteiger partial charge in [0.05, 0.1) is 6.54 Å². The summed E-state index contributed by atoms with van der Waals surface area (Å²) in [4.78, 5) is 8.10. The molecule has 21 heavy (non-hydrogen) atoms. The van der Waals surface area contributed by atoms with Crippen LogP contribution in [0.3, 0.4) is 0 Å². The molecule has 3 rings (SSSR count). The molecule has 0 spiro atoms. The van der Waals surface area contributed by atoms with Crippen LogP contribution in [0.15, 0.2) is 41.6 Å². The van der Waals surface area contributed by atoms with Gasteiger partial charge in [0, 0.05) is 6.54 Å². The van der Waals surface area contributed by atoms with Gasteiger partial charge < -0.3 is 10.2 Å². The normalized spacial score (nSPS) is 23.4. The Morgan fingerprint density at radius 3 is 2.67 bits per heavy atom. The van der Waals surface area contributed by atoms with Gasteiger partial charge in [-0.1, -0.05) is 48.0 Å². The predicted octanol–water partition coefficient (Wildman–Crippen LogP) is 2.49. The monoisotopic (exact) mass is 285 g/mol. The van der Waals surface area contributed by atoms with Crippen LogP contribution in [0.1, 0.15) is 24.8 Å². The number of hydrogen-bond acceptors (Lipinski definition) is 4. The fraction of sp³-hybridized carbons (Fsp3) is 0.471. The van der Waals surface area contributed by atoms with Crippen molar-refractivity contribution >= 4 is 11.9 Å². The Kier molecular flexibility index (Phi) is 4.90. The van der Waals surface area contributed by atoms with Gasteiger partial charge >= 0.3 is 0 Å². The molecule has 2 aliphatic rings. The molecule has 2 aliphatic heterocycles. The first-order valence-electron chi connectivity index (χ1n) is 7.83. The molecule has 1 atom stereocenters. The summed E-state index contributed by atoms with van der Waals surface area (Å²) in [5.74, 6) is 0.800. The minimum absolute atomic E-state index is 0.164. The molecule has 1 saturated heterocycles. The molecular weight excluding hydrogens is 262 g/mol. The van der Waals surface area contributed by atoms with Gasteiger partial charge in [0.25, 0.3) is 0 Å². The van der Waals surface area contributed by atoms with Crippen LogP contribution >= 0.6 is 0 Å². The first-order valence-corrected chi connectivity index (χ1v) is 7.83. The summed E-state index contributed by atoms with van der Waals surface area (Å²) in [6.07, 6.45) is 8.17. The first kappa shape index (κ1) is 14.1. The van der Waals surface area contributed by atoms with Crippen LogP contribution in [0.5, 0.6) is 0 Å². The average molecular weight is 285 g/mol. The minimum atomic E-state index is 0.164. The smallest absolute Gasteiger partial charge is 0.165 e. The fourth-order valence-corrected chi connectivity index (χ4v) is 2.78. The minimum Gasteiger partial charge on any atom is -0.388 e. The van der Waals surface area contributed by atoms with Crippen LogP contribution in [0.4, 0.5) is 0 Å². The molecule has 0 radical (unpaired) electrons. The molecular formula is C17H23N3O. The third kappa shape index (κ3) is 4.33. The van der Waals surface area contributed by atoms with E-state index in [1.807, 2.05) is 30.4 Å². The van der Waals surface area contributed by atoms with Crippen molar-refractivity contribution in [2.45, 2.75) is 25.4 Å². The van der Waals surface area contributed by atoms with Crippen molar-refractivity contribution in [1.29, 1.82) is 0 Å². The molecule has 2 heterocycles. The number of nitrogens with zero attached hydrogens (tertiary/aromatic N) is 2. The molecule has 0 amide bonds.